The van der Waals surface area contributed by atoms with Crippen molar-refractivity contribution in [2.24, 2.45) is 0 Å². The van der Waals surface area contributed by atoms with Gasteiger partial charge in [-0.1, -0.05) is 6.42 Å². The lowest BCUT2D eigenvalue weighted by Gasteiger charge is -2.47. The zero-order chi connectivity index (χ0) is 9.54. The van der Waals surface area contributed by atoms with E-state index in [9.17, 15) is 0 Å². The van der Waals surface area contributed by atoms with Crippen molar-refractivity contribution < 1.29 is 0 Å². The Morgan fingerprint density at radius 3 is 2.57 bits per heavy atom. The molecule has 1 saturated carbocycles. The van der Waals surface area contributed by atoms with Gasteiger partial charge in [-0.15, -0.1) is 0 Å². The summed E-state index contributed by atoms with van der Waals surface area (Å²) in [6.07, 6.45) is 7.87. The number of aromatic nitrogens is 2. The molecule has 3 rings (SSSR count). The summed E-state index contributed by atoms with van der Waals surface area (Å²) in [6.45, 7) is 2.32. The van der Waals surface area contributed by atoms with Gasteiger partial charge < -0.3 is 5.73 Å². The van der Waals surface area contributed by atoms with Crippen LogP contribution in [0.15, 0.2) is 12.4 Å². The molecule has 2 fully saturated rings. The van der Waals surface area contributed by atoms with E-state index < -0.39 is 0 Å². The van der Waals surface area contributed by atoms with Gasteiger partial charge >= 0.3 is 0 Å². The van der Waals surface area contributed by atoms with E-state index in [2.05, 4.69) is 10.00 Å². The van der Waals surface area contributed by atoms with Crippen molar-refractivity contribution in [1.82, 2.24) is 14.7 Å². The molecule has 4 heteroatoms. The van der Waals surface area contributed by atoms with Crippen molar-refractivity contribution in [2.45, 2.75) is 31.3 Å². The summed E-state index contributed by atoms with van der Waals surface area (Å²) in [6, 6.07) is 1.44. The Bertz CT molecular complexity index is 323. The molecule has 0 amide bonds. The van der Waals surface area contributed by atoms with Crippen LogP contribution in [0.25, 0.3) is 0 Å². The van der Waals surface area contributed by atoms with E-state index >= 15 is 0 Å². The summed E-state index contributed by atoms with van der Waals surface area (Å²) in [5.41, 5.74) is 6.40. The third-order valence-electron chi connectivity index (χ3n) is 3.48. The first-order valence-corrected chi connectivity index (χ1v) is 5.36. The predicted octanol–water partition coefficient (Wildman–Crippen LogP) is 0.874. The van der Waals surface area contributed by atoms with E-state index in [0.29, 0.717) is 6.04 Å². The summed E-state index contributed by atoms with van der Waals surface area (Å²) in [7, 11) is 0. The Balaban J connectivity index is 1.58. The van der Waals surface area contributed by atoms with Crippen LogP contribution in [0.1, 0.15) is 25.3 Å². The van der Waals surface area contributed by atoms with Gasteiger partial charge in [-0.3, -0.25) is 9.58 Å². The van der Waals surface area contributed by atoms with Crippen LogP contribution in [0.4, 0.5) is 5.69 Å². The summed E-state index contributed by atoms with van der Waals surface area (Å²) in [4.78, 5) is 2.56. The SMILES string of the molecule is Nc1cnn(C2CN(C3CCC3)C2)c1. The maximum atomic E-state index is 5.63. The zero-order valence-corrected chi connectivity index (χ0v) is 8.26. The molecule has 1 aliphatic heterocycles. The Morgan fingerprint density at radius 2 is 2.07 bits per heavy atom. The minimum absolute atomic E-state index is 0.563. The van der Waals surface area contributed by atoms with Crippen molar-refractivity contribution in [3.05, 3.63) is 12.4 Å². The number of nitrogen functional groups attached to an aromatic ring is 1. The van der Waals surface area contributed by atoms with Gasteiger partial charge in [0.25, 0.3) is 0 Å². The highest BCUT2D eigenvalue weighted by Crippen LogP contribution is 2.32. The molecule has 1 aromatic rings. The number of anilines is 1. The molecule has 0 aromatic carbocycles. The van der Waals surface area contributed by atoms with Crippen molar-refractivity contribution in [3.63, 3.8) is 0 Å². The van der Waals surface area contributed by atoms with E-state index in [1.54, 1.807) is 6.20 Å². The number of likely N-dealkylation sites (tertiary alicyclic amines) is 1. The molecule has 1 aromatic heterocycles. The first-order chi connectivity index (χ1) is 6.83. The van der Waals surface area contributed by atoms with E-state index in [-0.39, 0.29) is 0 Å². The minimum Gasteiger partial charge on any atom is -0.396 e. The van der Waals surface area contributed by atoms with Gasteiger partial charge in [0.15, 0.2) is 0 Å². The fraction of sp³-hybridized carbons (Fsp3) is 0.700. The molecule has 2 N–H and O–H groups in total. The van der Waals surface area contributed by atoms with Gasteiger partial charge in [-0.05, 0) is 12.8 Å². The smallest absolute Gasteiger partial charge is 0.0773 e. The monoisotopic (exact) mass is 192 g/mol. The first-order valence-electron chi connectivity index (χ1n) is 5.36. The Morgan fingerprint density at radius 1 is 1.29 bits per heavy atom. The van der Waals surface area contributed by atoms with Gasteiger partial charge in [0.1, 0.15) is 0 Å². The van der Waals surface area contributed by atoms with Crippen molar-refractivity contribution in [1.29, 1.82) is 0 Å². The molecule has 1 saturated heterocycles. The predicted molar refractivity (Wildman–Crippen MR) is 54.9 cm³/mol. The Labute approximate surface area is 83.7 Å². The lowest BCUT2D eigenvalue weighted by atomic mass is 9.88. The van der Waals surface area contributed by atoms with Crippen molar-refractivity contribution >= 4 is 5.69 Å². The molecule has 4 nitrogen and oxygen atoms in total. The quantitative estimate of drug-likeness (QED) is 0.756. The molecule has 0 bridgehead atoms. The normalized spacial score (nSPS) is 24.6. The average Bonchev–Trinajstić information content (AvgIpc) is 2.38. The van der Waals surface area contributed by atoms with Crippen LogP contribution >= 0.6 is 0 Å². The van der Waals surface area contributed by atoms with Gasteiger partial charge in [-0.2, -0.15) is 5.10 Å². The van der Waals surface area contributed by atoms with E-state index in [4.69, 9.17) is 5.73 Å². The molecule has 76 valence electrons. The van der Waals surface area contributed by atoms with Gasteiger partial charge in [-0.25, -0.2) is 0 Å². The third-order valence-corrected chi connectivity index (χ3v) is 3.48. The van der Waals surface area contributed by atoms with Crippen LogP contribution < -0.4 is 5.73 Å². The highest BCUT2D eigenvalue weighted by atomic mass is 15.4. The summed E-state index contributed by atoms with van der Waals surface area (Å²) in [5.74, 6) is 0. The van der Waals surface area contributed by atoms with E-state index in [1.165, 1.54) is 19.3 Å². The first kappa shape index (κ1) is 8.29. The van der Waals surface area contributed by atoms with Gasteiger partial charge in [0.2, 0.25) is 0 Å². The standard InChI is InChI=1S/C10H16N4/c11-8-4-12-14(5-8)10-6-13(7-10)9-2-1-3-9/h4-5,9-10H,1-3,6-7,11H2. The van der Waals surface area contributed by atoms with Crippen LogP contribution in [-0.2, 0) is 0 Å². The van der Waals surface area contributed by atoms with E-state index in [0.717, 1.165) is 24.8 Å². The second-order valence-corrected chi connectivity index (χ2v) is 4.45. The largest absolute Gasteiger partial charge is 0.396 e. The summed E-state index contributed by atoms with van der Waals surface area (Å²) < 4.78 is 2.00. The van der Waals surface area contributed by atoms with Crippen LogP contribution in [0, 0.1) is 0 Å². The third kappa shape index (κ3) is 1.21. The molecule has 2 heterocycles. The second-order valence-electron chi connectivity index (χ2n) is 4.45. The number of nitrogens with zero attached hydrogens (tertiary/aromatic N) is 3. The molecule has 0 unspecified atom stereocenters. The fourth-order valence-electron chi connectivity index (χ4n) is 2.26. The number of hydrogen-bond donors (Lipinski definition) is 1. The molecule has 2 aliphatic rings. The van der Waals surface area contributed by atoms with Gasteiger partial charge in [0.05, 0.1) is 17.9 Å². The topological polar surface area (TPSA) is 47.1 Å². The maximum Gasteiger partial charge on any atom is 0.0773 e. The van der Waals surface area contributed by atoms with Crippen LogP contribution in [-0.4, -0.2) is 33.8 Å². The van der Waals surface area contributed by atoms with Crippen molar-refractivity contribution in [2.75, 3.05) is 18.8 Å². The summed E-state index contributed by atoms with van der Waals surface area (Å²) >= 11 is 0. The highest BCUT2D eigenvalue weighted by molar-refractivity contribution is 5.30. The van der Waals surface area contributed by atoms with E-state index in [1.807, 2.05) is 10.9 Å². The van der Waals surface area contributed by atoms with Crippen LogP contribution in [0.3, 0.4) is 0 Å². The highest BCUT2D eigenvalue weighted by Gasteiger charge is 2.36. The zero-order valence-electron chi connectivity index (χ0n) is 8.26. The number of hydrogen-bond acceptors (Lipinski definition) is 3. The molecule has 0 spiro atoms. The van der Waals surface area contributed by atoms with Crippen molar-refractivity contribution in [3.8, 4) is 0 Å². The van der Waals surface area contributed by atoms with Crippen LogP contribution in [0.5, 0.6) is 0 Å². The fourth-order valence-corrected chi connectivity index (χ4v) is 2.26. The Kier molecular flexibility index (Phi) is 1.77. The maximum absolute atomic E-state index is 5.63. The molecule has 0 atom stereocenters. The molecule has 1 aliphatic carbocycles. The second kappa shape index (κ2) is 2.98. The van der Waals surface area contributed by atoms with Crippen LogP contribution in [0.2, 0.25) is 0 Å². The molecular weight excluding hydrogens is 176 g/mol. The Hall–Kier alpha value is -1.03. The average molecular weight is 192 g/mol. The molecular formula is C10H16N4. The summed E-state index contributed by atoms with van der Waals surface area (Å²) in [5, 5.41) is 4.24. The number of rotatable bonds is 2. The molecule has 14 heavy (non-hydrogen) atoms. The molecule has 0 radical (unpaired) electrons. The minimum atomic E-state index is 0.563. The van der Waals surface area contributed by atoms with Gasteiger partial charge in [0, 0.05) is 25.3 Å². The lowest BCUT2D eigenvalue weighted by Crippen LogP contribution is -2.54. The lowest BCUT2D eigenvalue weighted by molar-refractivity contribution is 0.0181. The number of nitrogens with two attached hydrogens (primary N) is 1.